The Bertz CT molecular complexity index is 604. The smallest absolute Gasteiger partial charge is 0.0850 e. The standard InChI is InChI=1S/C15H18BrClN2O/c1-4-12-15(17)13(19(3)18-12)8-14(20)10-5-9(2)6-11(16)7-10/h5-7,14,20H,4,8H2,1-3H3. The molecule has 0 radical (unpaired) electrons. The summed E-state index contributed by atoms with van der Waals surface area (Å²) in [5.41, 5.74) is 3.74. The second-order valence-corrected chi connectivity index (χ2v) is 6.26. The van der Waals surface area contributed by atoms with E-state index in [1.807, 2.05) is 39.1 Å². The average Bonchev–Trinajstić information content (AvgIpc) is 2.65. The summed E-state index contributed by atoms with van der Waals surface area (Å²) < 4.78 is 2.73. The van der Waals surface area contributed by atoms with E-state index in [2.05, 4.69) is 21.0 Å². The third kappa shape index (κ3) is 3.25. The normalized spacial score (nSPS) is 12.7. The lowest BCUT2D eigenvalue weighted by molar-refractivity contribution is 0.175. The van der Waals surface area contributed by atoms with Crippen molar-refractivity contribution in [1.82, 2.24) is 9.78 Å². The van der Waals surface area contributed by atoms with Gasteiger partial charge in [0.05, 0.1) is 22.5 Å². The van der Waals surface area contributed by atoms with Crippen molar-refractivity contribution in [3.05, 3.63) is 50.2 Å². The first-order valence-corrected chi connectivity index (χ1v) is 7.74. The summed E-state index contributed by atoms with van der Waals surface area (Å²) in [6, 6.07) is 5.94. The van der Waals surface area contributed by atoms with Crippen LogP contribution >= 0.6 is 27.5 Å². The van der Waals surface area contributed by atoms with Crippen molar-refractivity contribution in [2.24, 2.45) is 7.05 Å². The molecule has 0 fully saturated rings. The number of nitrogens with zero attached hydrogens (tertiary/aromatic N) is 2. The molecule has 108 valence electrons. The van der Waals surface area contributed by atoms with Crippen LogP contribution in [0.25, 0.3) is 0 Å². The van der Waals surface area contributed by atoms with Crippen molar-refractivity contribution >= 4 is 27.5 Å². The fourth-order valence-electron chi connectivity index (χ4n) is 2.30. The number of hydrogen-bond acceptors (Lipinski definition) is 2. The van der Waals surface area contributed by atoms with Crippen molar-refractivity contribution in [2.75, 3.05) is 0 Å². The van der Waals surface area contributed by atoms with Crippen molar-refractivity contribution in [3.63, 3.8) is 0 Å². The highest BCUT2D eigenvalue weighted by Gasteiger charge is 2.18. The number of aliphatic hydroxyl groups excluding tert-OH is 1. The summed E-state index contributed by atoms with van der Waals surface area (Å²) in [4.78, 5) is 0. The Balaban J connectivity index is 2.27. The highest BCUT2D eigenvalue weighted by molar-refractivity contribution is 9.10. The van der Waals surface area contributed by atoms with Crippen LogP contribution in [0.5, 0.6) is 0 Å². The number of aromatic nitrogens is 2. The lowest BCUT2D eigenvalue weighted by Crippen LogP contribution is -2.07. The lowest BCUT2D eigenvalue weighted by atomic mass is 10.0. The molecule has 3 nitrogen and oxygen atoms in total. The summed E-state index contributed by atoms with van der Waals surface area (Å²) in [5.74, 6) is 0. The molecule has 5 heteroatoms. The first kappa shape index (κ1) is 15.5. The van der Waals surface area contributed by atoms with Gasteiger partial charge in [0.2, 0.25) is 0 Å². The zero-order valence-corrected chi connectivity index (χ0v) is 14.2. The van der Waals surface area contributed by atoms with Gasteiger partial charge in [0.15, 0.2) is 0 Å². The Morgan fingerprint density at radius 2 is 2.10 bits per heavy atom. The van der Waals surface area contributed by atoms with Crippen LogP contribution in [0.3, 0.4) is 0 Å². The van der Waals surface area contributed by atoms with Gasteiger partial charge in [-0.05, 0) is 36.6 Å². The van der Waals surface area contributed by atoms with E-state index in [4.69, 9.17) is 11.6 Å². The molecule has 1 heterocycles. The van der Waals surface area contributed by atoms with E-state index in [-0.39, 0.29) is 0 Å². The Hall–Kier alpha value is -0.840. The molecule has 1 aromatic heterocycles. The Kier molecular flexibility index (Phi) is 4.89. The molecule has 0 aliphatic carbocycles. The minimum atomic E-state index is -0.594. The quantitative estimate of drug-likeness (QED) is 0.898. The first-order valence-electron chi connectivity index (χ1n) is 6.57. The van der Waals surface area contributed by atoms with E-state index < -0.39 is 6.10 Å². The minimum Gasteiger partial charge on any atom is -0.388 e. The SMILES string of the molecule is CCc1nn(C)c(CC(O)c2cc(C)cc(Br)c2)c1Cl. The van der Waals surface area contributed by atoms with E-state index in [0.29, 0.717) is 11.4 Å². The van der Waals surface area contributed by atoms with Crippen molar-refractivity contribution in [3.8, 4) is 0 Å². The van der Waals surface area contributed by atoms with E-state index in [1.54, 1.807) is 4.68 Å². The monoisotopic (exact) mass is 356 g/mol. The molecule has 0 spiro atoms. The molecular formula is C15H18BrClN2O. The van der Waals surface area contributed by atoms with Crippen molar-refractivity contribution < 1.29 is 5.11 Å². The molecule has 1 aromatic carbocycles. The third-order valence-electron chi connectivity index (χ3n) is 3.34. The summed E-state index contributed by atoms with van der Waals surface area (Å²) in [5, 5.41) is 15.5. The van der Waals surface area contributed by atoms with Crippen LogP contribution in [0.1, 0.15) is 35.5 Å². The first-order chi connectivity index (χ1) is 9.42. The van der Waals surface area contributed by atoms with Crippen LogP contribution in [-0.2, 0) is 19.9 Å². The summed E-state index contributed by atoms with van der Waals surface area (Å²) in [6.07, 6.45) is 0.653. The molecular weight excluding hydrogens is 340 g/mol. The molecule has 2 rings (SSSR count). The zero-order chi connectivity index (χ0) is 14.9. The van der Waals surface area contributed by atoms with Crippen LogP contribution in [0.2, 0.25) is 5.02 Å². The molecule has 0 amide bonds. The van der Waals surface area contributed by atoms with Gasteiger partial charge in [-0.25, -0.2) is 0 Å². The molecule has 0 aliphatic rings. The number of benzene rings is 1. The molecule has 0 bridgehead atoms. The van der Waals surface area contributed by atoms with Gasteiger partial charge in [-0.3, -0.25) is 4.68 Å². The fraction of sp³-hybridized carbons (Fsp3) is 0.400. The van der Waals surface area contributed by atoms with Gasteiger partial charge >= 0.3 is 0 Å². The molecule has 0 saturated heterocycles. The highest BCUT2D eigenvalue weighted by atomic mass is 79.9. The molecule has 20 heavy (non-hydrogen) atoms. The molecule has 2 aromatic rings. The fourth-order valence-corrected chi connectivity index (χ4v) is 3.30. The number of aryl methyl sites for hydroxylation is 3. The van der Waals surface area contributed by atoms with Gasteiger partial charge in [-0.15, -0.1) is 0 Å². The summed E-state index contributed by atoms with van der Waals surface area (Å²) in [6.45, 7) is 4.03. The molecule has 0 saturated carbocycles. The van der Waals surface area contributed by atoms with Gasteiger partial charge in [-0.2, -0.15) is 5.10 Å². The second kappa shape index (κ2) is 6.29. The van der Waals surface area contributed by atoms with Gasteiger partial charge in [0, 0.05) is 17.9 Å². The molecule has 1 unspecified atom stereocenters. The van der Waals surface area contributed by atoms with E-state index in [9.17, 15) is 5.11 Å². The van der Waals surface area contributed by atoms with E-state index in [1.165, 1.54) is 0 Å². The average molecular weight is 358 g/mol. The lowest BCUT2D eigenvalue weighted by Gasteiger charge is -2.13. The largest absolute Gasteiger partial charge is 0.388 e. The Morgan fingerprint density at radius 1 is 1.40 bits per heavy atom. The maximum Gasteiger partial charge on any atom is 0.0850 e. The van der Waals surface area contributed by atoms with E-state index in [0.717, 1.165) is 33.4 Å². The number of aliphatic hydroxyl groups is 1. The van der Waals surface area contributed by atoms with Gasteiger partial charge < -0.3 is 5.11 Å². The molecule has 1 N–H and O–H groups in total. The number of hydrogen-bond donors (Lipinski definition) is 1. The third-order valence-corrected chi connectivity index (χ3v) is 4.23. The zero-order valence-electron chi connectivity index (χ0n) is 11.8. The van der Waals surface area contributed by atoms with Crippen LogP contribution in [-0.4, -0.2) is 14.9 Å². The number of rotatable bonds is 4. The Labute approximate surface area is 132 Å². The van der Waals surface area contributed by atoms with Crippen LogP contribution in [0.4, 0.5) is 0 Å². The van der Waals surface area contributed by atoms with Crippen LogP contribution < -0.4 is 0 Å². The minimum absolute atomic E-state index is 0.457. The predicted octanol–water partition coefficient (Wildman–Crippen LogP) is 3.98. The second-order valence-electron chi connectivity index (χ2n) is 4.97. The maximum atomic E-state index is 10.4. The Morgan fingerprint density at radius 3 is 2.65 bits per heavy atom. The molecule has 1 atom stereocenters. The van der Waals surface area contributed by atoms with Gasteiger partial charge in [-0.1, -0.05) is 40.5 Å². The number of halogens is 2. The molecule has 0 aliphatic heterocycles. The van der Waals surface area contributed by atoms with Crippen molar-refractivity contribution in [2.45, 2.75) is 32.8 Å². The summed E-state index contributed by atoms with van der Waals surface area (Å²) in [7, 11) is 1.86. The predicted molar refractivity (Wildman–Crippen MR) is 85.1 cm³/mol. The van der Waals surface area contributed by atoms with Crippen LogP contribution in [0.15, 0.2) is 22.7 Å². The highest BCUT2D eigenvalue weighted by Crippen LogP contribution is 2.28. The summed E-state index contributed by atoms with van der Waals surface area (Å²) >= 11 is 9.78. The topological polar surface area (TPSA) is 38.0 Å². The maximum absolute atomic E-state index is 10.4. The van der Waals surface area contributed by atoms with Gasteiger partial charge in [0.25, 0.3) is 0 Å². The van der Waals surface area contributed by atoms with Crippen molar-refractivity contribution in [1.29, 1.82) is 0 Å². The van der Waals surface area contributed by atoms with Crippen LogP contribution in [0, 0.1) is 6.92 Å². The van der Waals surface area contributed by atoms with E-state index >= 15 is 0 Å². The van der Waals surface area contributed by atoms with Gasteiger partial charge in [0.1, 0.15) is 0 Å².